The molecule has 1 aromatic heterocycles. The van der Waals surface area contributed by atoms with Crippen molar-refractivity contribution in [3.8, 4) is 0 Å². The van der Waals surface area contributed by atoms with E-state index < -0.39 is 0 Å². The fourth-order valence-corrected chi connectivity index (χ4v) is 7.57. The minimum absolute atomic E-state index is 0.0172. The van der Waals surface area contributed by atoms with Crippen LogP contribution >= 0.6 is 0 Å². The highest BCUT2D eigenvalue weighted by atomic mass is 16.5. The molecule has 2 unspecified atom stereocenters. The Labute approximate surface area is 222 Å². The maximum Gasteiger partial charge on any atom is 0.302 e. The van der Waals surface area contributed by atoms with E-state index in [0.29, 0.717) is 31.4 Å². The monoisotopic (exact) mass is 514 g/mol. The Bertz CT molecular complexity index is 1390. The molecule has 0 saturated heterocycles. The summed E-state index contributed by atoms with van der Waals surface area (Å²) in [5.41, 5.74) is 2.90. The Morgan fingerprint density at radius 1 is 1.21 bits per heavy atom. The van der Waals surface area contributed by atoms with Crippen LogP contribution in [0.3, 0.4) is 0 Å². The van der Waals surface area contributed by atoms with Crippen molar-refractivity contribution in [1.82, 2.24) is 10.3 Å². The third-order valence-electron chi connectivity index (χ3n) is 9.25. The molecule has 2 heterocycles. The van der Waals surface area contributed by atoms with E-state index in [1.54, 1.807) is 0 Å². The van der Waals surface area contributed by atoms with Gasteiger partial charge in [-0.3, -0.25) is 19.4 Å². The summed E-state index contributed by atoms with van der Waals surface area (Å²) in [7, 11) is 0. The molecule has 1 amide bonds. The molecule has 3 aliphatic carbocycles. The van der Waals surface area contributed by atoms with Crippen LogP contribution in [0.1, 0.15) is 64.4 Å². The third-order valence-corrected chi connectivity index (χ3v) is 9.25. The Balaban J connectivity index is 1.35. The molecule has 2 fully saturated rings. The molecule has 198 valence electrons. The quantitative estimate of drug-likeness (QED) is 0.591. The molecule has 2 saturated carbocycles. The number of amides is 1. The number of nitrogens with one attached hydrogen (secondary N) is 1. The van der Waals surface area contributed by atoms with Crippen LogP contribution in [0.15, 0.2) is 59.6 Å². The number of allylic oxidation sites excluding steroid dienone is 3. The summed E-state index contributed by atoms with van der Waals surface area (Å²) < 4.78 is 12.8. The van der Waals surface area contributed by atoms with Crippen LogP contribution in [0.2, 0.25) is 0 Å². The molecule has 7 heteroatoms. The van der Waals surface area contributed by atoms with Crippen molar-refractivity contribution in [1.29, 1.82) is 0 Å². The van der Waals surface area contributed by atoms with Crippen LogP contribution in [-0.4, -0.2) is 41.4 Å². The zero-order chi connectivity index (χ0) is 26.6. The summed E-state index contributed by atoms with van der Waals surface area (Å²) >= 11 is 0. The van der Waals surface area contributed by atoms with E-state index >= 15 is 0 Å². The first-order chi connectivity index (χ1) is 18.2. The fraction of sp³-hybridized carbons (Fsp3) is 0.484. The standard InChI is InChI=1S/C31H34N2O5/c1-17(34)33-15-19-11-26(36)24-13-20-7-9-31(3)25(30(20)38-27(24)12-19)14-28(37-18(2)35)29(31)23-6-4-5-21-16-32-10-8-22(21)23/h4-6,8,10,13,16,19,25,28-30H,7,9,11-12,14-15H2,1-3H3,(H,33,34)/t19?,25-,28?,29-,30+,31-/m0/s1. The van der Waals surface area contributed by atoms with Crippen LogP contribution in [-0.2, 0) is 23.9 Å². The molecule has 1 aromatic carbocycles. The van der Waals surface area contributed by atoms with Gasteiger partial charge in [0.2, 0.25) is 5.91 Å². The Morgan fingerprint density at radius 3 is 2.84 bits per heavy atom. The second kappa shape index (κ2) is 9.37. The largest absolute Gasteiger partial charge is 0.489 e. The van der Waals surface area contributed by atoms with Gasteiger partial charge in [-0.15, -0.1) is 0 Å². The van der Waals surface area contributed by atoms with Crippen LogP contribution in [0, 0.1) is 17.3 Å². The lowest BCUT2D eigenvalue weighted by atomic mass is 9.60. The van der Waals surface area contributed by atoms with E-state index in [2.05, 4.69) is 47.6 Å². The normalized spacial score (nSPS) is 32.0. The number of hydrogen-bond acceptors (Lipinski definition) is 6. The molecule has 6 atom stereocenters. The van der Waals surface area contributed by atoms with E-state index in [4.69, 9.17) is 9.47 Å². The van der Waals surface area contributed by atoms with E-state index in [-0.39, 0.29) is 53.0 Å². The number of benzene rings is 1. The number of esters is 1. The van der Waals surface area contributed by atoms with Gasteiger partial charge in [0, 0.05) is 62.8 Å². The maximum atomic E-state index is 13.0. The molecule has 0 bridgehead atoms. The lowest BCUT2D eigenvalue weighted by Crippen LogP contribution is -2.44. The summed E-state index contributed by atoms with van der Waals surface area (Å²) in [4.78, 5) is 41.0. The highest BCUT2D eigenvalue weighted by molar-refractivity contribution is 6.00. The number of rotatable bonds is 4. The number of ether oxygens (including phenoxy) is 2. The molecule has 0 spiro atoms. The Morgan fingerprint density at radius 2 is 2.05 bits per heavy atom. The zero-order valence-electron chi connectivity index (χ0n) is 22.2. The summed E-state index contributed by atoms with van der Waals surface area (Å²) in [5, 5.41) is 5.07. The molecule has 38 heavy (non-hydrogen) atoms. The van der Waals surface area contributed by atoms with Gasteiger partial charge in [-0.05, 0) is 59.3 Å². The van der Waals surface area contributed by atoms with Gasteiger partial charge in [-0.25, -0.2) is 0 Å². The molecule has 0 radical (unpaired) electrons. The Hall–Kier alpha value is -3.48. The number of pyridine rings is 1. The summed E-state index contributed by atoms with van der Waals surface area (Å²) in [5.74, 6) is 0.658. The van der Waals surface area contributed by atoms with Gasteiger partial charge in [0.05, 0.1) is 5.57 Å². The SMILES string of the molecule is CC(=O)NCC1CC(=O)C2=C(C1)O[C@@H]1C(=C2)CC[C@]2(C)[C@@H](c3cccc4cnccc34)C(OC(C)=O)C[C@@H]12. The lowest BCUT2D eigenvalue weighted by molar-refractivity contribution is -0.147. The average Bonchev–Trinajstić information content (AvgIpc) is 3.17. The number of hydrogen-bond donors (Lipinski definition) is 1. The number of nitrogens with zero attached hydrogens (tertiary/aromatic N) is 1. The number of carbonyl (C=O) groups excluding carboxylic acids is 3. The smallest absolute Gasteiger partial charge is 0.302 e. The highest BCUT2D eigenvalue weighted by Crippen LogP contribution is 2.63. The lowest BCUT2D eigenvalue weighted by Gasteiger charge is -2.48. The zero-order valence-corrected chi connectivity index (χ0v) is 22.2. The number of carbonyl (C=O) groups is 3. The second-order valence-corrected chi connectivity index (χ2v) is 11.6. The van der Waals surface area contributed by atoms with Crippen molar-refractivity contribution in [3.05, 3.63) is 65.2 Å². The molecule has 1 aliphatic heterocycles. The van der Waals surface area contributed by atoms with Crippen molar-refractivity contribution < 1.29 is 23.9 Å². The van der Waals surface area contributed by atoms with Crippen molar-refractivity contribution in [2.45, 2.75) is 71.0 Å². The summed E-state index contributed by atoms with van der Waals surface area (Å²) in [6.07, 6.45) is 8.89. The van der Waals surface area contributed by atoms with Gasteiger partial charge >= 0.3 is 5.97 Å². The summed E-state index contributed by atoms with van der Waals surface area (Å²) in [6, 6.07) is 8.35. The second-order valence-electron chi connectivity index (χ2n) is 11.6. The predicted molar refractivity (Wildman–Crippen MR) is 142 cm³/mol. The van der Waals surface area contributed by atoms with Crippen molar-refractivity contribution in [3.63, 3.8) is 0 Å². The third kappa shape index (κ3) is 4.12. The Kier molecular flexibility index (Phi) is 6.12. The van der Waals surface area contributed by atoms with Gasteiger partial charge < -0.3 is 14.8 Å². The fourth-order valence-electron chi connectivity index (χ4n) is 7.57. The van der Waals surface area contributed by atoms with Crippen molar-refractivity contribution >= 4 is 28.4 Å². The number of ketones is 1. The van der Waals surface area contributed by atoms with E-state index in [0.717, 1.165) is 29.4 Å². The van der Waals surface area contributed by atoms with Crippen molar-refractivity contribution in [2.75, 3.05) is 6.54 Å². The molecule has 2 aromatic rings. The number of fused-ring (bicyclic) bond motifs is 4. The molecule has 4 aliphatic rings. The van der Waals surface area contributed by atoms with E-state index in [1.807, 2.05) is 12.4 Å². The van der Waals surface area contributed by atoms with Gasteiger partial charge in [0.25, 0.3) is 0 Å². The minimum Gasteiger partial charge on any atom is -0.489 e. The molecular weight excluding hydrogens is 480 g/mol. The topological polar surface area (TPSA) is 94.6 Å². The number of aromatic nitrogens is 1. The highest BCUT2D eigenvalue weighted by Gasteiger charge is 2.60. The van der Waals surface area contributed by atoms with Crippen LogP contribution in [0.25, 0.3) is 10.8 Å². The first-order valence-electron chi connectivity index (χ1n) is 13.6. The van der Waals surface area contributed by atoms with E-state index in [1.165, 1.54) is 25.0 Å². The van der Waals surface area contributed by atoms with E-state index in [9.17, 15) is 14.4 Å². The predicted octanol–water partition coefficient (Wildman–Crippen LogP) is 4.76. The summed E-state index contributed by atoms with van der Waals surface area (Å²) in [6.45, 7) is 5.77. The molecule has 1 N–H and O–H groups in total. The van der Waals surface area contributed by atoms with Gasteiger partial charge in [0.15, 0.2) is 5.78 Å². The van der Waals surface area contributed by atoms with Gasteiger partial charge in [-0.1, -0.05) is 25.1 Å². The minimum atomic E-state index is -0.270. The first-order valence-corrected chi connectivity index (χ1v) is 13.6. The maximum absolute atomic E-state index is 13.0. The van der Waals surface area contributed by atoms with Crippen LogP contribution in [0.5, 0.6) is 0 Å². The number of Topliss-reactive ketones (excluding diaryl/α,β-unsaturated/α-hetero) is 1. The van der Waals surface area contributed by atoms with Gasteiger partial charge in [-0.2, -0.15) is 0 Å². The van der Waals surface area contributed by atoms with Crippen LogP contribution < -0.4 is 5.32 Å². The molecular formula is C31H34N2O5. The van der Waals surface area contributed by atoms with Gasteiger partial charge in [0.1, 0.15) is 18.0 Å². The first kappa shape index (κ1) is 24.8. The van der Waals surface area contributed by atoms with Crippen molar-refractivity contribution in [2.24, 2.45) is 17.3 Å². The molecule has 7 nitrogen and oxygen atoms in total. The average molecular weight is 515 g/mol. The van der Waals surface area contributed by atoms with Crippen LogP contribution in [0.4, 0.5) is 0 Å². The molecule has 6 rings (SSSR count).